The van der Waals surface area contributed by atoms with Crippen LogP contribution in [0.25, 0.3) is 16.8 Å². The lowest BCUT2D eigenvalue weighted by molar-refractivity contribution is 0.525. The van der Waals surface area contributed by atoms with Gasteiger partial charge in [0.1, 0.15) is 5.52 Å². The molecule has 0 spiro atoms. The first-order valence-electron chi connectivity index (χ1n) is 5.52. The Labute approximate surface area is 108 Å². The molecule has 3 rings (SSSR count). The molecule has 3 nitrogen and oxygen atoms in total. The van der Waals surface area contributed by atoms with Crippen molar-refractivity contribution in [2.75, 3.05) is 0 Å². The standard InChI is InChI=1S/C14H10ClNO2/c1-9-5-12-14(17)18-13(8-16(12)7-9)10-3-2-4-11(15)6-10/h2-8H,1H3. The highest BCUT2D eigenvalue weighted by Crippen LogP contribution is 2.22. The maximum Gasteiger partial charge on any atom is 0.360 e. The number of fused-ring (bicyclic) bond motifs is 1. The fraction of sp³-hybridized carbons (Fsp3) is 0.0714. The second kappa shape index (κ2) is 4.03. The summed E-state index contributed by atoms with van der Waals surface area (Å²) in [5.41, 5.74) is 2.00. The molecule has 0 unspecified atom stereocenters. The topological polar surface area (TPSA) is 34.6 Å². The molecule has 0 N–H and O–H groups in total. The first kappa shape index (κ1) is 11.1. The lowest BCUT2D eigenvalue weighted by Gasteiger charge is -2.02. The quantitative estimate of drug-likeness (QED) is 0.670. The van der Waals surface area contributed by atoms with Crippen molar-refractivity contribution in [1.82, 2.24) is 4.40 Å². The molecule has 0 bridgehead atoms. The van der Waals surface area contributed by atoms with Gasteiger partial charge < -0.3 is 8.82 Å². The van der Waals surface area contributed by atoms with E-state index < -0.39 is 0 Å². The third-order valence-electron chi connectivity index (χ3n) is 2.76. The van der Waals surface area contributed by atoms with Crippen LogP contribution in [0.1, 0.15) is 5.56 Å². The molecule has 90 valence electrons. The smallest absolute Gasteiger partial charge is 0.360 e. The predicted molar refractivity (Wildman–Crippen MR) is 71.1 cm³/mol. The molecule has 0 fully saturated rings. The third kappa shape index (κ3) is 1.83. The Morgan fingerprint density at radius 3 is 2.83 bits per heavy atom. The van der Waals surface area contributed by atoms with Crippen molar-refractivity contribution < 1.29 is 4.42 Å². The van der Waals surface area contributed by atoms with E-state index in [2.05, 4.69) is 0 Å². The maximum absolute atomic E-state index is 11.9. The molecule has 2 heterocycles. The van der Waals surface area contributed by atoms with Gasteiger partial charge in [0, 0.05) is 16.8 Å². The number of aryl methyl sites for hydroxylation is 1. The minimum atomic E-state index is -0.347. The van der Waals surface area contributed by atoms with E-state index in [4.69, 9.17) is 16.0 Å². The molecule has 0 saturated heterocycles. The molecular weight excluding hydrogens is 250 g/mol. The number of hydrogen-bond donors (Lipinski definition) is 0. The largest absolute Gasteiger partial charge is 0.420 e. The SMILES string of the molecule is Cc1cc2c(=O)oc(-c3cccc(Cl)c3)cn2c1. The first-order chi connectivity index (χ1) is 8.63. The van der Waals surface area contributed by atoms with Gasteiger partial charge in [0.15, 0.2) is 5.76 Å². The molecule has 4 heteroatoms. The summed E-state index contributed by atoms with van der Waals surface area (Å²) in [5, 5.41) is 0.610. The van der Waals surface area contributed by atoms with Crippen LogP contribution >= 0.6 is 11.6 Å². The highest BCUT2D eigenvalue weighted by Gasteiger charge is 2.07. The van der Waals surface area contributed by atoms with Gasteiger partial charge in [-0.15, -0.1) is 0 Å². The minimum absolute atomic E-state index is 0.347. The molecule has 3 aromatic rings. The number of halogens is 1. The van der Waals surface area contributed by atoms with E-state index in [0.717, 1.165) is 11.1 Å². The summed E-state index contributed by atoms with van der Waals surface area (Å²) >= 11 is 5.93. The van der Waals surface area contributed by atoms with Crippen LogP contribution in [0.4, 0.5) is 0 Å². The molecule has 1 aromatic carbocycles. The Bertz CT molecular complexity index is 786. The van der Waals surface area contributed by atoms with Crippen molar-refractivity contribution >= 4 is 17.1 Å². The van der Waals surface area contributed by atoms with E-state index in [1.165, 1.54) is 0 Å². The van der Waals surface area contributed by atoms with E-state index in [1.807, 2.05) is 25.3 Å². The molecule has 18 heavy (non-hydrogen) atoms. The molecule has 0 saturated carbocycles. The second-order valence-electron chi connectivity index (χ2n) is 4.20. The molecule has 0 aliphatic heterocycles. The van der Waals surface area contributed by atoms with Gasteiger partial charge in [0.25, 0.3) is 0 Å². The Balaban J connectivity index is 2.27. The van der Waals surface area contributed by atoms with Crippen LogP contribution in [-0.2, 0) is 0 Å². The van der Waals surface area contributed by atoms with E-state index in [9.17, 15) is 4.79 Å². The molecule has 0 amide bonds. The fourth-order valence-corrected chi connectivity index (χ4v) is 2.16. The highest BCUT2D eigenvalue weighted by molar-refractivity contribution is 6.30. The van der Waals surface area contributed by atoms with E-state index >= 15 is 0 Å². The summed E-state index contributed by atoms with van der Waals surface area (Å²) in [6.07, 6.45) is 3.68. The van der Waals surface area contributed by atoms with Crippen LogP contribution in [0.3, 0.4) is 0 Å². The molecule has 2 aromatic heterocycles. The van der Waals surface area contributed by atoms with Gasteiger partial charge in [0.05, 0.1) is 6.20 Å². The van der Waals surface area contributed by atoms with Gasteiger partial charge in [-0.3, -0.25) is 0 Å². The zero-order valence-electron chi connectivity index (χ0n) is 9.68. The second-order valence-corrected chi connectivity index (χ2v) is 4.64. The Morgan fingerprint density at radius 2 is 2.06 bits per heavy atom. The first-order valence-corrected chi connectivity index (χ1v) is 5.90. The van der Waals surface area contributed by atoms with Crippen LogP contribution in [-0.4, -0.2) is 4.40 Å². The predicted octanol–water partition coefficient (Wildman–Crippen LogP) is 3.52. The van der Waals surface area contributed by atoms with E-state index in [-0.39, 0.29) is 5.63 Å². The molecule has 0 aliphatic carbocycles. The zero-order valence-corrected chi connectivity index (χ0v) is 10.4. The van der Waals surface area contributed by atoms with Gasteiger partial charge in [-0.25, -0.2) is 4.79 Å². The summed E-state index contributed by atoms with van der Waals surface area (Å²) in [5.74, 6) is 0.505. The van der Waals surface area contributed by atoms with Crippen LogP contribution in [0.5, 0.6) is 0 Å². The maximum atomic E-state index is 11.9. The van der Waals surface area contributed by atoms with Crippen molar-refractivity contribution in [2.45, 2.75) is 6.92 Å². The van der Waals surface area contributed by atoms with Gasteiger partial charge in [0.2, 0.25) is 0 Å². The number of benzene rings is 1. The summed E-state index contributed by atoms with van der Waals surface area (Å²) < 4.78 is 7.09. The van der Waals surface area contributed by atoms with Crippen LogP contribution in [0.2, 0.25) is 5.02 Å². The molecule has 0 aliphatic rings. The van der Waals surface area contributed by atoms with Gasteiger partial charge >= 0.3 is 5.63 Å². The molecule has 0 radical (unpaired) electrons. The average molecular weight is 260 g/mol. The van der Waals surface area contributed by atoms with Crippen LogP contribution in [0.15, 0.2) is 51.9 Å². The summed E-state index contributed by atoms with van der Waals surface area (Å²) in [4.78, 5) is 11.9. The number of aromatic nitrogens is 1. The molecule has 0 atom stereocenters. The fourth-order valence-electron chi connectivity index (χ4n) is 1.97. The third-order valence-corrected chi connectivity index (χ3v) is 3.00. The number of hydrogen-bond acceptors (Lipinski definition) is 2. The Morgan fingerprint density at radius 1 is 1.22 bits per heavy atom. The summed E-state index contributed by atoms with van der Waals surface area (Å²) in [6.45, 7) is 1.94. The summed E-state index contributed by atoms with van der Waals surface area (Å²) in [6, 6.07) is 9.02. The van der Waals surface area contributed by atoms with Crippen LogP contribution in [0, 0.1) is 6.92 Å². The van der Waals surface area contributed by atoms with Crippen molar-refractivity contribution in [3.8, 4) is 11.3 Å². The van der Waals surface area contributed by atoms with Crippen molar-refractivity contribution in [1.29, 1.82) is 0 Å². The van der Waals surface area contributed by atoms with Gasteiger partial charge in [-0.05, 0) is 30.7 Å². The van der Waals surface area contributed by atoms with Crippen LogP contribution < -0.4 is 5.63 Å². The van der Waals surface area contributed by atoms with E-state index in [0.29, 0.717) is 16.3 Å². The lowest BCUT2D eigenvalue weighted by Crippen LogP contribution is -2.03. The average Bonchev–Trinajstić information content (AvgIpc) is 2.70. The minimum Gasteiger partial charge on any atom is -0.420 e. The van der Waals surface area contributed by atoms with Crippen molar-refractivity contribution in [3.63, 3.8) is 0 Å². The van der Waals surface area contributed by atoms with Crippen molar-refractivity contribution in [3.05, 3.63) is 63.7 Å². The Hall–Kier alpha value is -2.00. The lowest BCUT2D eigenvalue weighted by atomic mass is 10.2. The number of nitrogens with zero attached hydrogens (tertiary/aromatic N) is 1. The monoisotopic (exact) mass is 259 g/mol. The van der Waals surface area contributed by atoms with E-state index in [1.54, 1.807) is 28.8 Å². The van der Waals surface area contributed by atoms with Crippen molar-refractivity contribution in [2.24, 2.45) is 0 Å². The van der Waals surface area contributed by atoms with Gasteiger partial charge in [-0.2, -0.15) is 0 Å². The normalized spacial score (nSPS) is 11.0. The van der Waals surface area contributed by atoms with Gasteiger partial charge in [-0.1, -0.05) is 23.7 Å². The summed E-state index contributed by atoms with van der Waals surface area (Å²) in [7, 11) is 0. The number of rotatable bonds is 1. The molecular formula is C14H10ClNO2. The zero-order chi connectivity index (χ0) is 12.7. The highest BCUT2D eigenvalue weighted by atomic mass is 35.5. The Kier molecular flexibility index (Phi) is 2.49.